The highest BCUT2D eigenvalue weighted by atomic mass is 19.1. The number of carboxylic acids is 1. The van der Waals surface area contributed by atoms with Crippen LogP contribution >= 0.6 is 0 Å². The van der Waals surface area contributed by atoms with Gasteiger partial charge in [0.15, 0.2) is 5.69 Å². The molecular weight excluding hydrogens is 237 g/mol. The van der Waals surface area contributed by atoms with E-state index < -0.39 is 11.8 Å². The van der Waals surface area contributed by atoms with Crippen molar-refractivity contribution >= 4 is 5.97 Å². The van der Waals surface area contributed by atoms with Crippen molar-refractivity contribution in [2.75, 3.05) is 0 Å². The first-order valence-electron chi connectivity index (χ1n) is 5.04. The number of halogens is 1. The van der Waals surface area contributed by atoms with E-state index in [0.29, 0.717) is 5.56 Å². The van der Waals surface area contributed by atoms with Gasteiger partial charge in [-0.1, -0.05) is 12.1 Å². The van der Waals surface area contributed by atoms with Crippen molar-refractivity contribution in [3.05, 3.63) is 53.4 Å². The number of imidazole rings is 1. The number of carboxylic acid groups (broad SMARTS) is 1. The summed E-state index contributed by atoms with van der Waals surface area (Å²) in [6.07, 6.45) is 2.61. The Morgan fingerprint density at radius 3 is 2.94 bits per heavy atom. The Kier molecular flexibility index (Phi) is 3.06. The molecule has 0 saturated carbocycles. The molecule has 0 unspecified atom stereocenters. The first-order chi connectivity index (χ1) is 8.61. The van der Waals surface area contributed by atoms with E-state index in [1.54, 1.807) is 12.1 Å². The number of hydrogen-bond donors (Lipinski definition) is 1. The van der Waals surface area contributed by atoms with Gasteiger partial charge in [0.1, 0.15) is 11.9 Å². The monoisotopic (exact) mass is 245 g/mol. The molecule has 5 nitrogen and oxygen atoms in total. The fourth-order valence-corrected chi connectivity index (χ4v) is 1.54. The van der Waals surface area contributed by atoms with Crippen LogP contribution in [-0.2, 0) is 6.54 Å². The summed E-state index contributed by atoms with van der Waals surface area (Å²) >= 11 is 0. The topological polar surface area (TPSA) is 78.9 Å². The third kappa shape index (κ3) is 2.20. The Hall–Kier alpha value is -2.68. The van der Waals surface area contributed by atoms with Crippen LogP contribution in [0.3, 0.4) is 0 Å². The molecule has 0 saturated heterocycles. The van der Waals surface area contributed by atoms with E-state index in [-0.39, 0.29) is 17.8 Å². The van der Waals surface area contributed by atoms with Crippen molar-refractivity contribution in [1.29, 1.82) is 5.26 Å². The van der Waals surface area contributed by atoms with Crippen LogP contribution in [-0.4, -0.2) is 20.6 Å². The number of nitrogens with zero attached hydrogens (tertiary/aromatic N) is 3. The van der Waals surface area contributed by atoms with E-state index in [1.807, 2.05) is 0 Å². The van der Waals surface area contributed by atoms with E-state index in [0.717, 1.165) is 0 Å². The number of aromatic carboxylic acids is 1. The van der Waals surface area contributed by atoms with E-state index in [4.69, 9.17) is 10.4 Å². The average molecular weight is 245 g/mol. The molecule has 0 aliphatic carbocycles. The minimum Gasteiger partial charge on any atom is -0.476 e. The molecule has 0 radical (unpaired) electrons. The molecule has 1 heterocycles. The van der Waals surface area contributed by atoms with Crippen LogP contribution < -0.4 is 0 Å². The number of aromatic nitrogens is 2. The molecule has 0 aliphatic heterocycles. The molecule has 0 fully saturated rings. The molecule has 0 bridgehead atoms. The van der Waals surface area contributed by atoms with Crippen molar-refractivity contribution in [2.24, 2.45) is 0 Å². The number of hydrogen-bond acceptors (Lipinski definition) is 3. The molecule has 2 rings (SSSR count). The maximum absolute atomic E-state index is 13.8. The molecule has 6 heteroatoms. The molecule has 90 valence electrons. The molecule has 0 aliphatic rings. The van der Waals surface area contributed by atoms with E-state index in [2.05, 4.69) is 4.98 Å². The summed E-state index contributed by atoms with van der Waals surface area (Å²) in [4.78, 5) is 14.3. The van der Waals surface area contributed by atoms with E-state index in [1.165, 1.54) is 29.2 Å². The first-order valence-corrected chi connectivity index (χ1v) is 5.04. The van der Waals surface area contributed by atoms with Gasteiger partial charge in [-0.3, -0.25) is 0 Å². The second kappa shape index (κ2) is 4.67. The molecule has 18 heavy (non-hydrogen) atoms. The summed E-state index contributed by atoms with van der Waals surface area (Å²) in [6.45, 7) is 0.127. The fourth-order valence-electron chi connectivity index (χ4n) is 1.54. The molecule has 0 atom stereocenters. The zero-order valence-electron chi connectivity index (χ0n) is 9.17. The van der Waals surface area contributed by atoms with Gasteiger partial charge in [-0.05, 0) is 6.07 Å². The van der Waals surface area contributed by atoms with Gasteiger partial charge >= 0.3 is 5.97 Å². The van der Waals surface area contributed by atoms with Crippen LogP contribution in [0.1, 0.15) is 21.6 Å². The molecule has 0 spiro atoms. The van der Waals surface area contributed by atoms with Gasteiger partial charge in [0.05, 0.1) is 18.4 Å². The molecular formula is C12H8FN3O2. The maximum Gasteiger partial charge on any atom is 0.356 e. The summed E-state index contributed by atoms with van der Waals surface area (Å²) in [6, 6.07) is 6.25. The fraction of sp³-hybridized carbons (Fsp3) is 0.0833. The van der Waals surface area contributed by atoms with Crippen LogP contribution in [0.4, 0.5) is 4.39 Å². The minimum absolute atomic E-state index is 0.0360. The second-order valence-electron chi connectivity index (χ2n) is 3.63. The normalized spacial score (nSPS) is 10.0. The van der Waals surface area contributed by atoms with Crippen molar-refractivity contribution in [1.82, 2.24) is 9.55 Å². The highest BCUT2D eigenvalue weighted by Crippen LogP contribution is 2.13. The Morgan fingerprint density at radius 1 is 1.56 bits per heavy atom. The number of benzene rings is 1. The lowest BCUT2D eigenvalue weighted by atomic mass is 10.1. The second-order valence-corrected chi connectivity index (χ2v) is 3.63. The summed E-state index contributed by atoms with van der Waals surface area (Å²) in [7, 11) is 0. The Labute approximate surface area is 102 Å². The summed E-state index contributed by atoms with van der Waals surface area (Å²) in [5, 5.41) is 17.4. The lowest BCUT2D eigenvalue weighted by Gasteiger charge is -2.04. The number of carbonyl (C=O) groups is 1. The molecule has 1 aromatic heterocycles. The maximum atomic E-state index is 13.8. The standard InChI is InChI=1S/C12H8FN3O2/c13-11-8(4-14)2-1-3-9(11)5-16-6-10(12(17)18)15-7-16/h1-3,6-7H,5H2,(H,17,18). The van der Waals surface area contributed by atoms with Crippen molar-refractivity contribution in [3.63, 3.8) is 0 Å². The van der Waals surface area contributed by atoms with E-state index >= 15 is 0 Å². The predicted octanol–water partition coefficient (Wildman–Crippen LogP) is 1.64. The molecule has 1 N–H and O–H groups in total. The van der Waals surface area contributed by atoms with Gasteiger partial charge in [-0.25, -0.2) is 14.2 Å². The summed E-state index contributed by atoms with van der Waals surface area (Å²) in [5.74, 6) is -1.73. The Morgan fingerprint density at radius 2 is 2.33 bits per heavy atom. The minimum atomic E-state index is -1.14. The quantitative estimate of drug-likeness (QED) is 0.891. The van der Waals surface area contributed by atoms with Gasteiger partial charge in [-0.15, -0.1) is 0 Å². The van der Waals surface area contributed by atoms with Gasteiger partial charge in [0, 0.05) is 11.8 Å². The number of rotatable bonds is 3. The number of nitriles is 1. The van der Waals surface area contributed by atoms with E-state index in [9.17, 15) is 9.18 Å². The molecule has 1 aromatic carbocycles. The first kappa shape index (κ1) is 11.8. The van der Waals surface area contributed by atoms with Crippen molar-refractivity contribution in [3.8, 4) is 6.07 Å². The SMILES string of the molecule is N#Cc1cccc(Cn2cnc(C(=O)O)c2)c1F. The van der Waals surface area contributed by atoms with Crippen LogP contribution in [0, 0.1) is 17.1 Å². The van der Waals surface area contributed by atoms with Crippen LogP contribution in [0.25, 0.3) is 0 Å². The van der Waals surface area contributed by atoms with Gasteiger partial charge in [0.25, 0.3) is 0 Å². The Bertz CT molecular complexity index is 643. The third-order valence-corrected chi connectivity index (χ3v) is 2.40. The van der Waals surface area contributed by atoms with Crippen LogP contribution in [0.15, 0.2) is 30.7 Å². The summed E-state index contributed by atoms with van der Waals surface area (Å²) < 4.78 is 15.2. The van der Waals surface area contributed by atoms with Crippen molar-refractivity contribution in [2.45, 2.75) is 6.54 Å². The average Bonchev–Trinajstić information content (AvgIpc) is 2.80. The Balaban J connectivity index is 2.29. The van der Waals surface area contributed by atoms with Gasteiger partial charge in [0.2, 0.25) is 0 Å². The van der Waals surface area contributed by atoms with Crippen LogP contribution in [0.2, 0.25) is 0 Å². The predicted molar refractivity (Wildman–Crippen MR) is 59.4 cm³/mol. The molecule has 2 aromatic rings. The zero-order valence-corrected chi connectivity index (χ0v) is 9.17. The zero-order chi connectivity index (χ0) is 13.1. The lowest BCUT2D eigenvalue weighted by molar-refractivity contribution is 0.0691. The summed E-state index contributed by atoms with van der Waals surface area (Å²) in [5.41, 5.74) is 0.168. The smallest absolute Gasteiger partial charge is 0.356 e. The van der Waals surface area contributed by atoms with Gasteiger partial charge in [-0.2, -0.15) is 5.26 Å². The highest BCUT2D eigenvalue weighted by molar-refractivity contribution is 5.84. The lowest BCUT2D eigenvalue weighted by Crippen LogP contribution is -2.01. The highest BCUT2D eigenvalue weighted by Gasteiger charge is 2.10. The largest absolute Gasteiger partial charge is 0.476 e. The molecule has 0 amide bonds. The third-order valence-electron chi connectivity index (χ3n) is 2.40. The van der Waals surface area contributed by atoms with Crippen molar-refractivity contribution < 1.29 is 14.3 Å². The van der Waals surface area contributed by atoms with Crippen LogP contribution in [0.5, 0.6) is 0 Å². The van der Waals surface area contributed by atoms with Gasteiger partial charge < -0.3 is 9.67 Å².